The molecule has 2 saturated heterocycles. The van der Waals surface area contributed by atoms with Crippen LogP contribution in [0.2, 0.25) is 0 Å². The fraction of sp³-hybridized carbons (Fsp3) is 0.800. The van der Waals surface area contributed by atoms with Gasteiger partial charge in [0.05, 0.1) is 6.54 Å². The first-order valence-corrected chi connectivity index (χ1v) is 10.7. The molecule has 10 heteroatoms. The van der Waals surface area contributed by atoms with Gasteiger partial charge in [0.15, 0.2) is 0 Å². The summed E-state index contributed by atoms with van der Waals surface area (Å²) in [5.74, 6) is -0.267. The molecule has 0 aromatic heterocycles. The van der Waals surface area contributed by atoms with Crippen LogP contribution >= 0.6 is 0 Å². The summed E-state index contributed by atoms with van der Waals surface area (Å²) in [5, 5.41) is 3.62. The normalized spacial score (nSPS) is 27.9. The second-order valence-electron chi connectivity index (χ2n) is 9.61. The van der Waals surface area contributed by atoms with E-state index in [2.05, 4.69) is 17.7 Å². The molecule has 0 aromatic rings. The Bertz CT molecular complexity index is 703. The Morgan fingerprint density at radius 1 is 1.13 bits per heavy atom. The Morgan fingerprint density at radius 3 is 2.30 bits per heavy atom. The molecular weight excluding hydrogens is 390 g/mol. The van der Waals surface area contributed by atoms with E-state index in [0.29, 0.717) is 44.9 Å². The number of nitrogens with one attached hydrogen (secondary N) is 2. The van der Waals surface area contributed by atoms with Crippen molar-refractivity contribution in [3.63, 3.8) is 0 Å². The van der Waals surface area contributed by atoms with Crippen LogP contribution in [0.15, 0.2) is 0 Å². The number of amides is 5. The number of urea groups is 1. The molecule has 5 amide bonds. The van der Waals surface area contributed by atoms with Crippen LogP contribution in [0.5, 0.6) is 0 Å². The second-order valence-corrected chi connectivity index (χ2v) is 9.61. The van der Waals surface area contributed by atoms with E-state index in [0.717, 1.165) is 17.9 Å². The number of hydrogen-bond acceptors (Lipinski definition) is 6. The van der Waals surface area contributed by atoms with Crippen molar-refractivity contribution in [1.82, 2.24) is 25.6 Å². The predicted octanol–water partition coefficient (Wildman–Crippen LogP) is 1.07. The molecule has 0 aromatic carbocycles. The molecule has 3 aliphatic rings. The number of carbonyl (C=O) groups excluding carboxylic acids is 4. The van der Waals surface area contributed by atoms with E-state index < -0.39 is 23.1 Å². The smallest absolute Gasteiger partial charge is 0.410 e. The fourth-order valence-corrected chi connectivity index (χ4v) is 4.09. The molecule has 2 heterocycles. The van der Waals surface area contributed by atoms with E-state index in [9.17, 15) is 19.2 Å². The summed E-state index contributed by atoms with van der Waals surface area (Å²) in [4.78, 5) is 53.2. The van der Waals surface area contributed by atoms with E-state index in [1.807, 2.05) is 25.7 Å². The standard InChI is InChI=1S/C20H33N5O5/c1-14-5-7-20(8-6-14)16(27)25(17(28)21-20)22-15(26)13-23-9-11-24(12-10-23)18(29)30-19(2,3)4/h14H,5-13H2,1-4H3,(H,21,28)(H,22,26). The Hall–Kier alpha value is -2.36. The van der Waals surface area contributed by atoms with Crippen molar-refractivity contribution in [3.8, 4) is 0 Å². The highest BCUT2D eigenvalue weighted by Crippen LogP contribution is 2.35. The molecular formula is C20H33N5O5. The van der Waals surface area contributed by atoms with Gasteiger partial charge in [-0.05, 0) is 52.4 Å². The quantitative estimate of drug-likeness (QED) is 0.657. The number of nitrogens with zero attached hydrogens (tertiary/aromatic N) is 3. The molecule has 1 aliphatic carbocycles. The summed E-state index contributed by atoms with van der Waals surface area (Å²) in [6.07, 6.45) is 2.57. The minimum Gasteiger partial charge on any atom is -0.444 e. The molecule has 0 radical (unpaired) electrons. The Kier molecular flexibility index (Phi) is 6.26. The number of carbonyl (C=O) groups is 4. The van der Waals surface area contributed by atoms with E-state index in [-0.39, 0.29) is 18.5 Å². The SMILES string of the molecule is CC1CCC2(CC1)NC(=O)N(NC(=O)CN1CCN(C(=O)OC(C)(C)C)CC1)C2=O. The van der Waals surface area contributed by atoms with Crippen molar-refractivity contribution in [1.29, 1.82) is 0 Å². The van der Waals surface area contributed by atoms with Crippen molar-refractivity contribution >= 4 is 23.9 Å². The molecule has 0 bridgehead atoms. The fourth-order valence-electron chi connectivity index (χ4n) is 4.09. The Morgan fingerprint density at radius 2 is 1.73 bits per heavy atom. The lowest BCUT2D eigenvalue weighted by Crippen LogP contribution is -2.55. The van der Waals surface area contributed by atoms with E-state index in [1.54, 1.807) is 4.90 Å². The number of piperazine rings is 1. The lowest BCUT2D eigenvalue weighted by Gasteiger charge is -2.35. The second kappa shape index (κ2) is 8.41. The van der Waals surface area contributed by atoms with Gasteiger partial charge in [0, 0.05) is 26.2 Å². The van der Waals surface area contributed by atoms with Crippen LogP contribution in [0.1, 0.15) is 53.4 Å². The van der Waals surface area contributed by atoms with Crippen LogP contribution in [0.4, 0.5) is 9.59 Å². The third-order valence-corrected chi connectivity index (χ3v) is 5.92. The van der Waals surface area contributed by atoms with Crippen LogP contribution < -0.4 is 10.7 Å². The zero-order chi connectivity index (χ0) is 22.1. The molecule has 3 rings (SSSR count). The van der Waals surface area contributed by atoms with Crippen LogP contribution in [0.25, 0.3) is 0 Å². The molecule has 168 valence electrons. The third kappa shape index (κ3) is 5.03. The van der Waals surface area contributed by atoms with Crippen LogP contribution in [0, 0.1) is 5.92 Å². The van der Waals surface area contributed by atoms with Gasteiger partial charge >= 0.3 is 12.1 Å². The maximum atomic E-state index is 12.8. The lowest BCUT2D eigenvalue weighted by atomic mass is 9.77. The maximum Gasteiger partial charge on any atom is 0.410 e. The van der Waals surface area contributed by atoms with Gasteiger partial charge in [-0.3, -0.25) is 19.9 Å². The molecule has 0 atom stereocenters. The molecule has 1 saturated carbocycles. The summed E-state index contributed by atoms with van der Waals surface area (Å²) in [6.45, 7) is 9.56. The van der Waals surface area contributed by atoms with Gasteiger partial charge in [0.1, 0.15) is 11.1 Å². The summed E-state index contributed by atoms with van der Waals surface area (Å²) < 4.78 is 5.37. The van der Waals surface area contributed by atoms with Gasteiger partial charge in [0.25, 0.3) is 11.8 Å². The van der Waals surface area contributed by atoms with Crippen molar-refractivity contribution in [3.05, 3.63) is 0 Å². The Labute approximate surface area is 177 Å². The monoisotopic (exact) mass is 423 g/mol. The summed E-state index contributed by atoms with van der Waals surface area (Å²) in [7, 11) is 0. The zero-order valence-electron chi connectivity index (χ0n) is 18.3. The number of ether oxygens (including phenoxy) is 1. The van der Waals surface area contributed by atoms with Crippen molar-refractivity contribution in [2.45, 2.75) is 64.5 Å². The molecule has 30 heavy (non-hydrogen) atoms. The van der Waals surface area contributed by atoms with Crippen LogP contribution in [-0.2, 0) is 14.3 Å². The number of imide groups is 1. The first kappa shape index (κ1) is 22.3. The van der Waals surface area contributed by atoms with Gasteiger partial charge in [-0.2, -0.15) is 5.01 Å². The Balaban J connectivity index is 1.47. The van der Waals surface area contributed by atoms with Crippen molar-refractivity contribution in [2.24, 2.45) is 5.92 Å². The van der Waals surface area contributed by atoms with Gasteiger partial charge < -0.3 is 15.0 Å². The molecule has 0 unspecified atom stereocenters. The summed E-state index contributed by atoms with van der Waals surface area (Å²) >= 11 is 0. The van der Waals surface area contributed by atoms with E-state index >= 15 is 0 Å². The van der Waals surface area contributed by atoms with Crippen molar-refractivity contribution in [2.75, 3.05) is 32.7 Å². The van der Waals surface area contributed by atoms with Gasteiger partial charge in [-0.1, -0.05) is 6.92 Å². The molecule has 1 spiro atoms. The maximum absolute atomic E-state index is 12.8. The average Bonchev–Trinajstić information content (AvgIpc) is 2.88. The molecule has 10 nitrogen and oxygen atoms in total. The van der Waals surface area contributed by atoms with Gasteiger partial charge in [-0.25, -0.2) is 9.59 Å². The minimum atomic E-state index is -0.879. The molecule has 2 aliphatic heterocycles. The zero-order valence-corrected chi connectivity index (χ0v) is 18.3. The number of rotatable bonds is 3. The highest BCUT2D eigenvalue weighted by molar-refractivity contribution is 6.08. The van der Waals surface area contributed by atoms with E-state index in [4.69, 9.17) is 4.74 Å². The predicted molar refractivity (Wildman–Crippen MR) is 108 cm³/mol. The summed E-state index contributed by atoms with van der Waals surface area (Å²) in [5.41, 5.74) is 1.03. The lowest BCUT2D eigenvalue weighted by molar-refractivity contribution is -0.140. The van der Waals surface area contributed by atoms with Crippen LogP contribution in [-0.4, -0.2) is 82.6 Å². The number of hydrogen-bond donors (Lipinski definition) is 2. The number of hydrazine groups is 1. The van der Waals surface area contributed by atoms with E-state index in [1.165, 1.54) is 0 Å². The summed E-state index contributed by atoms with van der Waals surface area (Å²) in [6, 6.07) is -0.572. The first-order chi connectivity index (χ1) is 14.0. The van der Waals surface area contributed by atoms with Crippen molar-refractivity contribution < 1.29 is 23.9 Å². The topological polar surface area (TPSA) is 111 Å². The molecule has 3 fully saturated rings. The molecule has 2 N–H and O–H groups in total. The van der Waals surface area contributed by atoms with Gasteiger partial charge in [-0.15, -0.1) is 0 Å². The van der Waals surface area contributed by atoms with Gasteiger partial charge in [0.2, 0.25) is 0 Å². The largest absolute Gasteiger partial charge is 0.444 e. The van der Waals surface area contributed by atoms with Crippen LogP contribution in [0.3, 0.4) is 0 Å². The highest BCUT2D eigenvalue weighted by atomic mass is 16.6. The minimum absolute atomic E-state index is 0.0449. The third-order valence-electron chi connectivity index (χ3n) is 5.92. The highest BCUT2D eigenvalue weighted by Gasteiger charge is 2.52. The average molecular weight is 424 g/mol. The first-order valence-electron chi connectivity index (χ1n) is 10.7.